The third-order valence-corrected chi connectivity index (χ3v) is 3.40. The molecule has 21 heavy (non-hydrogen) atoms. The van der Waals surface area contributed by atoms with Gasteiger partial charge in [0, 0.05) is 12.0 Å². The number of aliphatic hydroxyl groups is 1. The zero-order chi connectivity index (χ0) is 15.3. The molecule has 0 amide bonds. The summed E-state index contributed by atoms with van der Waals surface area (Å²) >= 11 is 0. The van der Waals surface area contributed by atoms with Gasteiger partial charge < -0.3 is 9.84 Å². The lowest BCUT2D eigenvalue weighted by Gasteiger charge is -2.13. The highest BCUT2D eigenvalue weighted by Gasteiger charge is 2.03. The molecule has 0 aromatic heterocycles. The molecule has 2 nitrogen and oxygen atoms in total. The monoisotopic (exact) mass is 288 g/mol. The smallest absolute Gasteiger partial charge is 0.0720 e. The average molecular weight is 288 g/mol. The maximum absolute atomic E-state index is 8.73. The van der Waals surface area contributed by atoms with Crippen LogP contribution in [0.15, 0.2) is 24.3 Å². The van der Waals surface area contributed by atoms with Crippen LogP contribution in [0, 0.1) is 11.8 Å². The Bertz CT molecular complexity index is 442. The molecule has 1 atom stereocenters. The van der Waals surface area contributed by atoms with Crippen molar-refractivity contribution >= 4 is 0 Å². The van der Waals surface area contributed by atoms with Crippen molar-refractivity contribution in [1.82, 2.24) is 0 Å². The Morgan fingerprint density at radius 2 is 2.10 bits per heavy atom. The maximum Gasteiger partial charge on any atom is 0.0720 e. The molecule has 2 heteroatoms. The van der Waals surface area contributed by atoms with E-state index in [4.69, 9.17) is 9.84 Å². The first-order valence-electron chi connectivity index (χ1n) is 8.06. The molecule has 1 aromatic carbocycles. The lowest BCUT2D eigenvalue weighted by molar-refractivity contribution is 0.0459. The summed E-state index contributed by atoms with van der Waals surface area (Å²) < 4.78 is 5.90. The molecule has 0 spiro atoms. The molecule has 0 fully saturated rings. The van der Waals surface area contributed by atoms with Gasteiger partial charge in [-0.15, -0.1) is 0 Å². The predicted octanol–water partition coefficient (Wildman–Crippen LogP) is 4.30. The van der Waals surface area contributed by atoms with Crippen LogP contribution < -0.4 is 0 Å². The van der Waals surface area contributed by atoms with Crippen LogP contribution in [0.1, 0.15) is 63.5 Å². The topological polar surface area (TPSA) is 29.5 Å². The van der Waals surface area contributed by atoms with Crippen molar-refractivity contribution in [3.8, 4) is 11.8 Å². The van der Waals surface area contributed by atoms with Gasteiger partial charge in [-0.05, 0) is 31.0 Å². The zero-order valence-corrected chi connectivity index (χ0v) is 13.4. The van der Waals surface area contributed by atoms with Gasteiger partial charge in [-0.3, -0.25) is 0 Å². The molecular weight excluding hydrogens is 260 g/mol. The van der Waals surface area contributed by atoms with Gasteiger partial charge >= 0.3 is 0 Å². The number of aliphatic hydroxyl groups excluding tert-OH is 1. The SMILES string of the molecule is CCCCCCC(C)OCc1cccc(C#CCCO)c1. The van der Waals surface area contributed by atoms with Crippen molar-refractivity contribution in [1.29, 1.82) is 0 Å². The molecule has 0 heterocycles. The van der Waals surface area contributed by atoms with E-state index >= 15 is 0 Å². The van der Waals surface area contributed by atoms with Crippen LogP contribution in [0.5, 0.6) is 0 Å². The summed E-state index contributed by atoms with van der Waals surface area (Å²) in [7, 11) is 0. The first kappa shape index (κ1) is 17.8. The summed E-state index contributed by atoms with van der Waals surface area (Å²) in [4.78, 5) is 0. The number of hydrogen-bond acceptors (Lipinski definition) is 2. The quantitative estimate of drug-likeness (QED) is 0.542. The Morgan fingerprint density at radius 1 is 1.24 bits per heavy atom. The lowest BCUT2D eigenvalue weighted by atomic mass is 10.1. The minimum atomic E-state index is 0.116. The minimum absolute atomic E-state index is 0.116. The van der Waals surface area contributed by atoms with Crippen molar-refractivity contribution in [3.05, 3.63) is 35.4 Å². The first-order chi connectivity index (χ1) is 10.3. The number of unbranched alkanes of at least 4 members (excludes halogenated alkanes) is 3. The molecule has 0 aliphatic heterocycles. The third kappa shape index (κ3) is 8.55. The first-order valence-corrected chi connectivity index (χ1v) is 8.06. The van der Waals surface area contributed by atoms with Crippen molar-refractivity contribution in [2.45, 2.75) is 65.1 Å². The Labute approximate surface area is 129 Å². The molecule has 0 radical (unpaired) electrons. The molecule has 116 valence electrons. The fourth-order valence-corrected chi connectivity index (χ4v) is 2.14. The molecule has 1 N–H and O–H groups in total. The summed E-state index contributed by atoms with van der Waals surface area (Å²) in [6.07, 6.45) is 7.12. The summed E-state index contributed by atoms with van der Waals surface area (Å²) in [6, 6.07) is 8.13. The van der Waals surface area contributed by atoms with Gasteiger partial charge in [-0.1, -0.05) is 56.6 Å². The highest BCUT2D eigenvalue weighted by atomic mass is 16.5. The zero-order valence-electron chi connectivity index (χ0n) is 13.4. The van der Waals surface area contributed by atoms with Crippen LogP contribution in [-0.4, -0.2) is 17.8 Å². The molecule has 0 aliphatic rings. The van der Waals surface area contributed by atoms with Crippen LogP contribution in [-0.2, 0) is 11.3 Å². The molecule has 0 aliphatic carbocycles. The van der Waals surface area contributed by atoms with E-state index in [2.05, 4.69) is 37.8 Å². The third-order valence-electron chi connectivity index (χ3n) is 3.40. The van der Waals surface area contributed by atoms with Crippen LogP contribution in [0.2, 0.25) is 0 Å². The number of hydrogen-bond donors (Lipinski definition) is 1. The second-order valence-electron chi connectivity index (χ2n) is 5.45. The van der Waals surface area contributed by atoms with E-state index in [0.717, 1.165) is 17.5 Å². The van der Waals surface area contributed by atoms with Gasteiger partial charge in [-0.2, -0.15) is 0 Å². The van der Waals surface area contributed by atoms with Crippen molar-refractivity contribution in [2.75, 3.05) is 6.61 Å². The summed E-state index contributed by atoms with van der Waals surface area (Å²) in [5.41, 5.74) is 2.14. The average Bonchev–Trinajstić information content (AvgIpc) is 2.50. The standard InChI is InChI=1S/C19H28O2/c1-3-4-5-6-10-17(2)21-16-19-13-9-12-18(15-19)11-7-8-14-20/h9,12-13,15,17,20H,3-6,8,10,14,16H2,1-2H3. The van der Waals surface area contributed by atoms with Crippen LogP contribution in [0.3, 0.4) is 0 Å². The Hall–Kier alpha value is -1.30. The van der Waals surface area contributed by atoms with Gasteiger partial charge in [0.05, 0.1) is 19.3 Å². The minimum Gasteiger partial charge on any atom is -0.395 e. The van der Waals surface area contributed by atoms with E-state index in [1.165, 1.54) is 25.7 Å². The second-order valence-corrected chi connectivity index (χ2v) is 5.45. The van der Waals surface area contributed by atoms with E-state index in [-0.39, 0.29) is 6.61 Å². The molecule has 1 rings (SSSR count). The van der Waals surface area contributed by atoms with E-state index in [9.17, 15) is 0 Å². The fraction of sp³-hybridized carbons (Fsp3) is 0.579. The summed E-state index contributed by atoms with van der Waals surface area (Å²) in [5.74, 6) is 6.00. The second kappa shape index (κ2) is 11.4. The van der Waals surface area contributed by atoms with Crippen LogP contribution in [0.25, 0.3) is 0 Å². The van der Waals surface area contributed by atoms with Crippen molar-refractivity contribution in [2.24, 2.45) is 0 Å². The highest BCUT2D eigenvalue weighted by Crippen LogP contribution is 2.11. The summed E-state index contributed by atoms with van der Waals surface area (Å²) in [6.45, 7) is 5.14. The predicted molar refractivity (Wildman–Crippen MR) is 88.0 cm³/mol. The van der Waals surface area contributed by atoms with Crippen molar-refractivity contribution < 1.29 is 9.84 Å². The molecule has 1 aromatic rings. The van der Waals surface area contributed by atoms with E-state index < -0.39 is 0 Å². The number of rotatable bonds is 9. The fourth-order valence-electron chi connectivity index (χ4n) is 2.14. The molecular formula is C19H28O2. The molecule has 0 saturated heterocycles. The van der Waals surface area contributed by atoms with Gasteiger partial charge in [0.2, 0.25) is 0 Å². The molecule has 0 saturated carbocycles. The van der Waals surface area contributed by atoms with Gasteiger partial charge in [-0.25, -0.2) is 0 Å². The molecule has 1 unspecified atom stereocenters. The van der Waals surface area contributed by atoms with Gasteiger partial charge in [0.15, 0.2) is 0 Å². The number of benzene rings is 1. The van der Waals surface area contributed by atoms with Crippen molar-refractivity contribution in [3.63, 3.8) is 0 Å². The van der Waals surface area contributed by atoms with Gasteiger partial charge in [0.25, 0.3) is 0 Å². The van der Waals surface area contributed by atoms with Crippen LogP contribution >= 0.6 is 0 Å². The highest BCUT2D eigenvalue weighted by molar-refractivity contribution is 5.36. The van der Waals surface area contributed by atoms with Gasteiger partial charge in [0.1, 0.15) is 0 Å². The Kier molecular flexibility index (Phi) is 9.61. The largest absolute Gasteiger partial charge is 0.395 e. The molecule has 0 bridgehead atoms. The normalized spacial score (nSPS) is 11.8. The Balaban J connectivity index is 2.34. The van der Waals surface area contributed by atoms with Crippen LogP contribution in [0.4, 0.5) is 0 Å². The van der Waals surface area contributed by atoms with E-state index in [1.807, 2.05) is 12.1 Å². The summed E-state index contributed by atoms with van der Waals surface area (Å²) in [5, 5.41) is 8.73. The Morgan fingerprint density at radius 3 is 2.86 bits per heavy atom. The lowest BCUT2D eigenvalue weighted by Crippen LogP contribution is -2.08. The number of ether oxygens (including phenoxy) is 1. The van der Waals surface area contributed by atoms with E-state index in [0.29, 0.717) is 19.1 Å². The van der Waals surface area contributed by atoms with E-state index in [1.54, 1.807) is 0 Å². The maximum atomic E-state index is 8.73.